The number of rotatable bonds is 11. The maximum absolute atomic E-state index is 12.7. The van der Waals surface area contributed by atoms with Gasteiger partial charge in [-0.15, -0.1) is 0 Å². The first-order valence-corrected chi connectivity index (χ1v) is 12.8. The molecule has 0 saturated heterocycles. The lowest BCUT2D eigenvalue weighted by Crippen LogP contribution is -2.50. The summed E-state index contributed by atoms with van der Waals surface area (Å²) in [6, 6.07) is 9.80. The summed E-state index contributed by atoms with van der Waals surface area (Å²) < 4.78 is 6.67. The van der Waals surface area contributed by atoms with Crippen LogP contribution in [0, 0.1) is 5.92 Å². The molecule has 0 bridgehead atoms. The molecule has 1 aromatic carbocycles. The largest absolute Gasteiger partial charge is 0.413 e. The molecule has 1 N–H and O–H groups in total. The Morgan fingerprint density at radius 3 is 1.93 bits per heavy atom. The van der Waals surface area contributed by atoms with Gasteiger partial charge in [-0.3, -0.25) is 4.79 Å². The molecule has 1 aromatic rings. The summed E-state index contributed by atoms with van der Waals surface area (Å²) in [7, 11) is -2.01. The van der Waals surface area contributed by atoms with Crippen molar-refractivity contribution in [1.82, 2.24) is 0 Å². The van der Waals surface area contributed by atoms with Crippen molar-refractivity contribution in [2.24, 2.45) is 5.92 Å². The second-order valence-electron chi connectivity index (χ2n) is 8.97. The molecule has 0 unspecified atom stereocenters. The first kappa shape index (κ1) is 24.8. The number of Topliss-reactive ketones (excluding diaryl/α,β-unsaturated/α-hetero) is 1. The van der Waals surface area contributed by atoms with Crippen LogP contribution in [0.3, 0.4) is 0 Å². The van der Waals surface area contributed by atoms with Crippen LogP contribution in [0.15, 0.2) is 36.4 Å². The van der Waals surface area contributed by atoms with Crippen LogP contribution >= 0.6 is 0 Å². The van der Waals surface area contributed by atoms with Crippen molar-refractivity contribution in [3.63, 3.8) is 0 Å². The maximum Gasteiger partial charge on any atom is 0.200 e. The number of carbonyl (C=O) groups excluding carboxylic acids is 1. The molecule has 0 fully saturated rings. The number of aliphatic hydroxyl groups is 1. The van der Waals surface area contributed by atoms with Crippen molar-refractivity contribution in [3.8, 4) is 0 Å². The lowest BCUT2D eigenvalue weighted by Gasteiger charge is -2.44. The van der Waals surface area contributed by atoms with E-state index >= 15 is 0 Å². The molecule has 158 valence electrons. The number of benzene rings is 1. The highest BCUT2D eigenvalue weighted by Crippen LogP contribution is 2.43. The van der Waals surface area contributed by atoms with Gasteiger partial charge in [-0.1, -0.05) is 91.0 Å². The van der Waals surface area contributed by atoms with Crippen LogP contribution in [0.25, 0.3) is 6.08 Å². The minimum atomic E-state index is -2.01. The fourth-order valence-electron chi connectivity index (χ4n) is 4.40. The predicted octanol–water partition coefficient (Wildman–Crippen LogP) is 6.24. The Morgan fingerprint density at radius 1 is 0.964 bits per heavy atom. The van der Waals surface area contributed by atoms with Gasteiger partial charge < -0.3 is 9.53 Å². The Morgan fingerprint density at radius 2 is 1.46 bits per heavy atom. The van der Waals surface area contributed by atoms with Gasteiger partial charge in [0.1, 0.15) is 5.78 Å². The standard InChI is InChI=1S/C24H40O3Si/c1-17(2)28(18(3)4,19(5)6)27-20(7)16-24(26)21(8)23(25)15-14-22-12-10-9-11-13-22/h9-15,17-21,23,25H,16H2,1-8H3/b15-14+/t20-,21+,23+/m0/s1. The van der Waals surface area contributed by atoms with Gasteiger partial charge in [0.05, 0.1) is 6.10 Å². The van der Waals surface area contributed by atoms with E-state index in [1.807, 2.05) is 43.3 Å². The molecule has 0 spiro atoms. The average Bonchev–Trinajstić information content (AvgIpc) is 2.63. The monoisotopic (exact) mass is 404 g/mol. The first-order chi connectivity index (χ1) is 13.0. The van der Waals surface area contributed by atoms with E-state index in [9.17, 15) is 9.90 Å². The van der Waals surface area contributed by atoms with Gasteiger partial charge in [0.2, 0.25) is 8.32 Å². The molecule has 3 nitrogen and oxygen atoms in total. The quantitative estimate of drug-likeness (QED) is 0.444. The molecular weight excluding hydrogens is 364 g/mol. The fourth-order valence-corrected chi connectivity index (χ4v) is 10.00. The van der Waals surface area contributed by atoms with E-state index in [0.717, 1.165) is 5.56 Å². The minimum Gasteiger partial charge on any atom is -0.413 e. The Hall–Kier alpha value is -1.23. The summed E-state index contributed by atoms with van der Waals surface area (Å²) in [5.74, 6) is -0.392. The molecule has 0 aromatic heterocycles. The van der Waals surface area contributed by atoms with Crippen LogP contribution in [0.1, 0.15) is 67.4 Å². The van der Waals surface area contributed by atoms with E-state index in [0.29, 0.717) is 23.0 Å². The molecule has 4 heteroatoms. The lowest BCUT2D eigenvalue weighted by atomic mass is 9.95. The SMILES string of the molecule is CC(C)[Si](O[C@@H](C)CC(=O)[C@H](C)[C@H](O)/C=C/c1ccccc1)(C(C)C)C(C)C. The van der Waals surface area contributed by atoms with Gasteiger partial charge >= 0.3 is 0 Å². The summed E-state index contributed by atoms with van der Waals surface area (Å²) in [5.41, 5.74) is 2.48. The van der Waals surface area contributed by atoms with Gasteiger partial charge in [-0.05, 0) is 29.1 Å². The van der Waals surface area contributed by atoms with Gasteiger partial charge in [-0.25, -0.2) is 0 Å². The van der Waals surface area contributed by atoms with Crippen LogP contribution in [0.4, 0.5) is 0 Å². The average molecular weight is 405 g/mol. The van der Waals surface area contributed by atoms with Crippen molar-refractivity contribution in [2.75, 3.05) is 0 Å². The molecule has 0 aliphatic heterocycles. The van der Waals surface area contributed by atoms with Crippen molar-refractivity contribution in [1.29, 1.82) is 0 Å². The zero-order chi connectivity index (χ0) is 21.5. The van der Waals surface area contributed by atoms with Crippen LogP contribution in [-0.2, 0) is 9.22 Å². The van der Waals surface area contributed by atoms with E-state index in [1.54, 1.807) is 13.0 Å². The zero-order valence-electron chi connectivity index (χ0n) is 19.0. The lowest BCUT2D eigenvalue weighted by molar-refractivity contribution is -0.126. The maximum atomic E-state index is 12.7. The molecule has 1 rings (SSSR count). The second kappa shape index (κ2) is 11.1. The molecule has 0 radical (unpaired) electrons. The van der Waals surface area contributed by atoms with Crippen molar-refractivity contribution < 1.29 is 14.3 Å². The highest BCUT2D eigenvalue weighted by molar-refractivity contribution is 6.77. The first-order valence-electron chi connectivity index (χ1n) is 10.6. The minimum absolute atomic E-state index is 0.0527. The van der Waals surface area contributed by atoms with E-state index in [4.69, 9.17) is 4.43 Å². The Bertz CT molecular complexity index is 600. The third-order valence-corrected chi connectivity index (χ3v) is 12.1. The molecule has 28 heavy (non-hydrogen) atoms. The molecule has 3 atom stereocenters. The number of hydrogen-bond donors (Lipinski definition) is 1. The third-order valence-electron chi connectivity index (χ3n) is 5.91. The smallest absolute Gasteiger partial charge is 0.200 e. The van der Waals surface area contributed by atoms with Crippen molar-refractivity contribution >= 4 is 20.2 Å². The summed E-state index contributed by atoms with van der Waals surface area (Å²) in [5, 5.41) is 10.4. The molecule has 0 amide bonds. The molecule has 0 aliphatic carbocycles. The number of ketones is 1. The third kappa shape index (κ3) is 6.40. The van der Waals surface area contributed by atoms with Gasteiger partial charge in [-0.2, -0.15) is 0 Å². The number of hydrogen-bond acceptors (Lipinski definition) is 3. The van der Waals surface area contributed by atoms with E-state index in [-0.39, 0.29) is 11.9 Å². The molecular formula is C24H40O3Si. The van der Waals surface area contributed by atoms with Crippen LogP contribution < -0.4 is 0 Å². The van der Waals surface area contributed by atoms with Crippen LogP contribution in [0.2, 0.25) is 16.6 Å². The van der Waals surface area contributed by atoms with Gasteiger partial charge in [0, 0.05) is 18.4 Å². The van der Waals surface area contributed by atoms with Crippen molar-refractivity contribution in [2.45, 2.75) is 90.6 Å². The summed E-state index contributed by atoms with van der Waals surface area (Å²) in [6.07, 6.45) is 3.00. The van der Waals surface area contributed by atoms with E-state index < -0.39 is 20.3 Å². The van der Waals surface area contributed by atoms with Crippen molar-refractivity contribution in [3.05, 3.63) is 42.0 Å². The topological polar surface area (TPSA) is 46.5 Å². The summed E-state index contributed by atoms with van der Waals surface area (Å²) >= 11 is 0. The highest BCUT2D eigenvalue weighted by atomic mass is 28.4. The normalized spacial score (nSPS) is 16.1. The molecule has 0 aliphatic rings. The Labute approximate surface area is 173 Å². The number of aliphatic hydroxyl groups excluding tert-OH is 1. The number of carbonyl (C=O) groups is 1. The Balaban J connectivity index is 2.75. The fraction of sp³-hybridized carbons (Fsp3) is 0.625. The van der Waals surface area contributed by atoms with E-state index in [1.165, 1.54) is 0 Å². The second-order valence-corrected chi connectivity index (χ2v) is 14.4. The van der Waals surface area contributed by atoms with Gasteiger partial charge in [0.15, 0.2) is 0 Å². The summed E-state index contributed by atoms with van der Waals surface area (Å²) in [4.78, 5) is 12.7. The van der Waals surface area contributed by atoms with Gasteiger partial charge in [0.25, 0.3) is 0 Å². The Kier molecular flexibility index (Phi) is 9.82. The molecule has 0 saturated carbocycles. The van der Waals surface area contributed by atoms with E-state index in [2.05, 4.69) is 41.5 Å². The molecule has 0 heterocycles. The zero-order valence-corrected chi connectivity index (χ0v) is 20.0. The predicted molar refractivity (Wildman–Crippen MR) is 122 cm³/mol. The van der Waals surface area contributed by atoms with Crippen LogP contribution in [0.5, 0.6) is 0 Å². The highest BCUT2D eigenvalue weighted by Gasteiger charge is 2.46. The summed E-state index contributed by atoms with van der Waals surface area (Å²) in [6.45, 7) is 17.3. The van der Waals surface area contributed by atoms with Crippen LogP contribution in [-0.4, -0.2) is 31.4 Å².